The number of nitrogens with zero attached hydrogens (tertiary/aromatic N) is 4. The maximum Gasteiger partial charge on any atom is 0.273 e. The van der Waals surface area contributed by atoms with Gasteiger partial charge in [-0.05, 0) is 49.2 Å². The zero-order valence-corrected chi connectivity index (χ0v) is 18.7. The minimum Gasteiger partial charge on any atom is -0.481 e. The molecule has 32 heavy (non-hydrogen) atoms. The Morgan fingerprint density at radius 2 is 1.78 bits per heavy atom. The van der Waals surface area contributed by atoms with E-state index in [2.05, 4.69) is 25.1 Å². The fourth-order valence-corrected chi connectivity index (χ4v) is 3.60. The van der Waals surface area contributed by atoms with E-state index in [1.165, 1.54) is 11.9 Å². The molecule has 0 radical (unpaired) electrons. The van der Waals surface area contributed by atoms with Crippen LogP contribution in [0.5, 0.6) is 5.88 Å². The van der Waals surface area contributed by atoms with Crippen LogP contribution in [0.15, 0.2) is 71.6 Å². The van der Waals surface area contributed by atoms with Crippen LogP contribution in [0.25, 0.3) is 11.3 Å². The Kier molecular flexibility index (Phi) is 6.37. The average molecular weight is 447 g/mol. The third-order valence-corrected chi connectivity index (χ3v) is 5.39. The van der Waals surface area contributed by atoms with Crippen molar-refractivity contribution >= 4 is 29.5 Å². The quantitative estimate of drug-likeness (QED) is 0.402. The number of aromatic nitrogens is 4. The molecule has 0 fully saturated rings. The monoisotopic (exact) mass is 446 g/mol. The second-order valence-corrected chi connectivity index (χ2v) is 7.84. The largest absolute Gasteiger partial charge is 0.481 e. The van der Waals surface area contributed by atoms with E-state index < -0.39 is 0 Å². The third-order valence-electron chi connectivity index (χ3n) is 4.59. The van der Waals surface area contributed by atoms with Gasteiger partial charge in [0, 0.05) is 35.0 Å². The van der Waals surface area contributed by atoms with E-state index in [1.807, 2.05) is 61.5 Å². The Bertz CT molecular complexity index is 1230. The maximum absolute atomic E-state index is 12.7. The molecule has 2 aromatic carbocycles. The molecule has 9 heteroatoms. The van der Waals surface area contributed by atoms with Crippen molar-refractivity contribution in [2.24, 2.45) is 7.05 Å². The maximum atomic E-state index is 12.7. The number of hydrogen-bond donors (Lipinski definition) is 2. The molecule has 0 unspecified atom stereocenters. The highest BCUT2D eigenvalue weighted by molar-refractivity contribution is 8.00. The number of ether oxygens (including phenoxy) is 1. The van der Waals surface area contributed by atoms with Gasteiger partial charge in [-0.1, -0.05) is 30.3 Å². The number of rotatable bonds is 7. The van der Waals surface area contributed by atoms with Crippen LogP contribution in [-0.4, -0.2) is 32.8 Å². The molecule has 0 bridgehead atoms. The molecule has 1 amide bonds. The molecule has 8 nitrogen and oxygen atoms in total. The minimum atomic E-state index is -0.221. The SMILES string of the molecule is COc1cc(C)nc(NSc2ccc(NC(=O)c3cc(-c4ccccc4)nn3C)cc2)n1. The lowest BCUT2D eigenvalue weighted by atomic mass is 10.1. The van der Waals surface area contributed by atoms with Crippen molar-refractivity contribution in [3.05, 3.63) is 78.1 Å². The van der Waals surface area contributed by atoms with Gasteiger partial charge >= 0.3 is 0 Å². The summed E-state index contributed by atoms with van der Waals surface area (Å²) in [7, 11) is 3.33. The predicted molar refractivity (Wildman–Crippen MR) is 126 cm³/mol. The number of benzene rings is 2. The highest BCUT2D eigenvalue weighted by atomic mass is 32.2. The van der Waals surface area contributed by atoms with Gasteiger partial charge in [-0.25, -0.2) is 4.98 Å². The van der Waals surface area contributed by atoms with Crippen molar-refractivity contribution in [3.8, 4) is 17.1 Å². The van der Waals surface area contributed by atoms with E-state index in [4.69, 9.17) is 4.74 Å². The van der Waals surface area contributed by atoms with Crippen molar-refractivity contribution in [2.75, 3.05) is 17.1 Å². The molecule has 0 aliphatic heterocycles. The Hall–Kier alpha value is -3.85. The summed E-state index contributed by atoms with van der Waals surface area (Å²) < 4.78 is 9.85. The molecular weight excluding hydrogens is 424 g/mol. The second kappa shape index (κ2) is 9.52. The fraction of sp³-hybridized carbons (Fsp3) is 0.130. The van der Waals surface area contributed by atoms with Crippen LogP contribution in [0, 0.1) is 6.92 Å². The number of amides is 1. The smallest absolute Gasteiger partial charge is 0.273 e. The lowest BCUT2D eigenvalue weighted by molar-refractivity contribution is 0.101. The summed E-state index contributed by atoms with van der Waals surface area (Å²) in [5.74, 6) is 0.750. The van der Waals surface area contributed by atoms with Crippen LogP contribution >= 0.6 is 11.9 Å². The molecule has 0 aliphatic carbocycles. The Balaban J connectivity index is 1.39. The molecule has 2 N–H and O–H groups in total. The minimum absolute atomic E-state index is 0.221. The van der Waals surface area contributed by atoms with Gasteiger partial charge in [-0.2, -0.15) is 10.1 Å². The summed E-state index contributed by atoms with van der Waals surface area (Å²) >= 11 is 1.37. The normalized spacial score (nSPS) is 10.6. The van der Waals surface area contributed by atoms with Crippen LogP contribution in [0.4, 0.5) is 11.6 Å². The van der Waals surface area contributed by atoms with Crippen LogP contribution in [0.2, 0.25) is 0 Å². The van der Waals surface area contributed by atoms with Crippen LogP contribution in [0.3, 0.4) is 0 Å². The van der Waals surface area contributed by atoms with Crippen molar-refractivity contribution in [1.29, 1.82) is 0 Å². The van der Waals surface area contributed by atoms with E-state index in [0.717, 1.165) is 21.8 Å². The average Bonchev–Trinajstić information content (AvgIpc) is 3.20. The van der Waals surface area contributed by atoms with Gasteiger partial charge in [0.05, 0.1) is 12.8 Å². The summed E-state index contributed by atoms with van der Waals surface area (Å²) in [4.78, 5) is 22.3. The standard InChI is InChI=1S/C23H22N6O2S/c1-15-13-21(31-3)26-23(24-15)28-32-18-11-9-17(10-12-18)25-22(30)20-14-19(27-29(20)2)16-7-5-4-6-8-16/h4-14H,1-3H3,(H,25,30)(H,24,26,28). The molecule has 4 rings (SSSR count). The van der Waals surface area contributed by atoms with Gasteiger partial charge in [0.1, 0.15) is 5.69 Å². The van der Waals surface area contributed by atoms with Gasteiger partial charge in [-0.15, -0.1) is 0 Å². The third kappa shape index (κ3) is 5.06. The summed E-state index contributed by atoms with van der Waals surface area (Å²) in [5, 5.41) is 7.37. The molecule has 0 spiro atoms. The predicted octanol–water partition coefficient (Wildman–Crippen LogP) is 4.57. The Morgan fingerprint density at radius 1 is 1.03 bits per heavy atom. The molecule has 0 saturated carbocycles. The first-order valence-corrected chi connectivity index (χ1v) is 10.7. The molecule has 2 aromatic heterocycles. The Morgan fingerprint density at radius 3 is 2.50 bits per heavy atom. The lowest BCUT2D eigenvalue weighted by Crippen LogP contribution is -2.15. The molecule has 162 valence electrons. The first kappa shape index (κ1) is 21.4. The van der Waals surface area contributed by atoms with Gasteiger partial charge in [-0.3, -0.25) is 14.2 Å². The lowest BCUT2D eigenvalue weighted by Gasteiger charge is -2.08. The van der Waals surface area contributed by atoms with Gasteiger partial charge in [0.25, 0.3) is 5.91 Å². The molecule has 4 aromatic rings. The molecular formula is C23H22N6O2S. The van der Waals surface area contributed by atoms with Crippen LogP contribution < -0.4 is 14.8 Å². The number of carbonyl (C=O) groups is 1. The van der Waals surface area contributed by atoms with Crippen molar-refractivity contribution in [1.82, 2.24) is 19.7 Å². The summed E-state index contributed by atoms with van der Waals surface area (Å²) in [6.07, 6.45) is 0. The molecule has 0 atom stereocenters. The topological polar surface area (TPSA) is 94.0 Å². The highest BCUT2D eigenvalue weighted by Crippen LogP contribution is 2.23. The number of carbonyl (C=O) groups excluding carboxylic acids is 1. The summed E-state index contributed by atoms with van der Waals surface area (Å²) in [6.45, 7) is 1.88. The number of aryl methyl sites for hydroxylation is 2. The number of methoxy groups -OCH3 is 1. The van der Waals surface area contributed by atoms with E-state index >= 15 is 0 Å². The zero-order chi connectivity index (χ0) is 22.5. The highest BCUT2D eigenvalue weighted by Gasteiger charge is 2.14. The van der Waals surface area contributed by atoms with E-state index in [0.29, 0.717) is 23.2 Å². The van der Waals surface area contributed by atoms with E-state index in [-0.39, 0.29) is 5.91 Å². The number of nitrogens with one attached hydrogen (secondary N) is 2. The molecule has 0 saturated heterocycles. The first-order valence-electron chi connectivity index (χ1n) is 9.85. The number of hydrogen-bond acceptors (Lipinski definition) is 7. The summed E-state index contributed by atoms with van der Waals surface area (Å²) in [6, 6.07) is 20.8. The molecule has 0 aliphatic rings. The Labute approximate surface area is 190 Å². The summed E-state index contributed by atoms with van der Waals surface area (Å²) in [5.41, 5.74) is 3.70. The number of anilines is 2. The van der Waals surface area contributed by atoms with Crippen LogP contribution in [0.1, 0.15) is 16.2 Å². The second-order valence-electron chi connectivity index (χ2n) is 6.96. The van der Waals surface area contributed by atoms with E-state index in [1.54, 1.807) is 31.0 Å². The molecule has 2 heterocycles. The van der Waals surface area contributed by atoms with Gasteiger partial charge in [0.2, 0.25) is 11.8 Å². The van der Waals surface area contributed by atoms with Crippen LogP contribution in [-0.2, 0) is 7.05 Å². The van der Waals surface area contributed by atoms with Crippen molar-refractivity contribution in [3.63, 3.8) is 0 Å². The zero-order valence-electron chi connectivity index (χ0n) is 17.9. The van der Waals surface area contributed by atoms with Crippen molar-refractivity contribution in [2.45, 2.75) is 11.8 Å². The fourth-order valence-electron chi connectivity index (χ4n) is 3.03. The van der Waals surface area contributed by atoms with Gasteiger partial charge in [0.15, 0.2) is 0 Å². The van der Waals surface area contributed by atoms with Gasteiger partial charge < -0.3 is 10.1 Å². The van der Waals surface area contributed by atoms with Crippen molar-refractivity contribution < 1.29 is 9.53 Å². The van der Waals surface area contributed by atoms with E-state index in [9.17, 15) is 4.79 Å². The first-order chi connectivity index (χ1) is 15.5.